The average Bonchev–Trinajstić information content (AvgIpc) is 3.14. The molecule has 24 heavy (non-hydrogen) atoms. The Balaban J connectivity index is 2.10. The molecule has 124 valence electrons. The Labute approximate surface area is 139 Å². The van der Waals surface area contributed by atoms with Crippen molar-refractivity contribution < 1.29 is 23.4 Å². The number of carboxylic acid groups (broad SMARTS) is 1. The first-order valence-electron chi connectivity index (χ1n) is 6.96. The summed E-state index contributed by atoms with van der Waals surface area (Å²) in [5.74, 6) is -1.66. The largest absolute Gasteiger partial charge is 0.479 e. The minimum Gasteiger partial charge on any atom is -0.479 e. The second kappa shape index (κ2) is 6.40. The zero-order chi connectivity index (χ0) is 17.3. The summed E-state index contributed by atoms with van der Waals surface area (Å²) in [7, 11) is 0. The maximum atomic E-state index is 14.1. The third-order valence-electron chi connectivity index (χ3n) is 3.24. The van der Waals surface area contributed by atoms with E-state index in [-0.39, 0.29) is 11.6 Å². The van der Waals surface area contributed by atoms with Crippen molar-refractivity contribution >= 4 is 17.3 Å². The van der Waals surface area contributed by atoms with Crippen molar-refractivity contribution in [1.82, 2.24) is 9.78 Å². The van der Waals surface area contributed by atoms with Crippen LogP contribution in [-0.4, -0.2) is 27.0 Å². The lowest BCUT2D eigenvalue weighted by atomic mass is 10.3. The van der Waals surface area contributed by atoms with E-state index in [1.165, 1.54) is 41.9 Å². The fourth-order valence-corrected chi connectivity index (χ4v) is 2.82. The molecule has 3 aromatic rings. The third-order valence-corrected chi connectivity index (χ3v) is 4.13. The van der Waals surface area contributed by atoms with E-state index in [9.17, 15) is 13.6 Å². The van der Waals surface area contributed by atoms with Crippen molar-refractivity contribution in [1.29, 1.82) is 0 Å². The summed E-state index contributed by atoms with van der Waals surface area (Å²) in [4.78, 5) is 11.4. The molecule has 2 heterocycles. The van der Waals surface area contributed by atoms with Crippen LogP contribution in [0.2, 0.25) is 0 Å². The number of benzene rings is 1. The number of thiophene rings is 1. The molecule has 5 nitrogen and oxygen atoms in total. The Hall–Kier alpha value is -2.74. The highest BCUT2D eigenvalue weighted by Gasteiger charge is 2.20. The molecule has 0 bridgehead atoms. The highest BCUT2D eigenvalue weighted by molar-refractivity contribution is 7.13. The van der Waals surface area contributed by atoms with Gasteiger partial charge >= 0.3 is 5.97 Å². The van der Waals surface area contributed by atoms with Crippen LogP contribution in [0, 0.1) is 10.9 Å². The first kappa shape index (κ1) is 16.1. The number of ether oxygens (including phenoxy) is 1. The molecule has 8 heteroatoms. The molecule has 3 rings (SSSR count). The van der Waals surface area contributed by atoms with Gasteiger partial charge in [0.1, 0.15) is 11.5 Å². The summed E-state index contributed by atoms with van der Waals surface area (Å²) < 4.78 is 34.0. The summed E-state index contributed by atoms with van der Waals surface area (Å²) in [6.45, 7) is 1.36. The predicted molar refractivity (Wildman–Crippen MR) is 84.5 cm³/mol. The van der Waals surface area contributed by atoms with Gasteiger partial charge < -0.3 is 9.84 Å². The number of nitrogens with zero attached hydrogens (tertiary/aromatic N) is 2. The van der Waals surface area contributed by atoms with Crippen LogP contribution in [0.4, 0.5) is 8.78 Å². The second-order valence-corrected chi connectivity index (χ2v) is 5.97. The normalized spacial score (nSPS) is 12.1. The van der Waals surface area contributed by atoms with Crippen LogP contribution in [-0.2, 0) is 4.79 Å². The standard InChI is InChI=1S/C16H12F2N2O3S/c1-9(16(21)22)23-15-8-12(13-6-7-14(18)24-13)20(19-15)11-5-3-2-4-10(11)17/h2-9H,1H3,(H,21,22). The van der Waals surface area contributed by atoms with Crippen molar-refractivity contribution in [2.45, 2.75) is 13.0 Å². The molecule has 2 aromatic heterocycles. The van der Waals surface area contributed by atoms with Gasteiger partial charge in [-0.3, -0.25) is 0 Å². The fraction of sp³-hybridized carbons (Fsp3) is 0.125. The van der Waals surface area contributed by atoms with Crippen molar-refractivity contribution in [3.63, 3.8) is 0 Å². The molecule has 1 unspecified atom stereocenters. The molecule has 0 saturated heterocycles. The number of halogens is 2. The van der Waals surface area contributed by atoms with Gasteiger partial charge in [-0.05, 0) is 31.2 Å². The highest BCUT2D eigenvalue weighted by Crippen LogP contribution is 2.32. The lowest BCUT2D eigenvalue weighted by Crippen LogP contribution is -2.23. The van der Waals surface area contributed by atoms with Crippen LogP contribution in [0.3, 0.4) is 0 Å². The van der Waals surface area contributed by atoms with Gasteiger partial charge in [0.2, 0.25) is 5.88 Å². The van der Waals surface area contributed by atoms with Crippen molar-refractivity contribution in [2.75, 3.05) is 0 Å². The van der Waals surface area contributed by atoms with Gasteiger partial charge in [0.25, 0.3) is 0 Å². The monoisotopic (exact) mass is 350 g/mol. The topological polar surface area (TPSA) is 64.4 Å². The van der Waals surface area contributed by atoms with Gasteiger partial charge in [-0.25, -0.2) is 13.9 Å². The molecule has 0 spiro atoms. The van der Waals surface area contributed by atoms with Crippen molar-refractivity contribution in [3.05, 3.63) is 53.4 Å². The van der Waals surface area contributed by atoms with E-state index >= 15 is 0 Å². The molecule has 0 aliphatic heterocycles. The van der Waals surface area contributed by atoms with Crippen molar-refractivity contribution in [3.8, 4) is 22.1 Å². The maximum absolute atomic E-state index is 14.1. The lowest BCUT2D eigenvalue weighted by molar-refractivity contribution is -0.144. The number of hydrogen-bond donors (Lipinski definition) is 1. The molecule has 0 aliphatic carbocycles. The van der Waals surface area contributed by atoms with Crippen LogP contribution in [0.15, 0.2) is 42.5 Å². The van der Waals surface area contributed by atoms with Crippen molar-refractivity contribution in [2.24, 2.45) is 0 Å². The first-order valence-corrected chi connectivity index (χ1v) is 7.77. The summed E-state index contributed by atoms with van der Waals surface area (Å²) in [6, 6.07) is 10.3. The minimum absolute atomic E-state index is 0.0111. The number of para-hydroxylation sites is 1. The number of hydrogen-bond acceptors (Lipinski definition) is 4. The number of carbonyl (C=O) groups is 1. The van der Waals surface area contributed by atoms with Crippen LogP contribution in [0.1, 0.15) is 6.92 Å². The predicted octanol–water partition coefficient (Wildman–Crippen LogP) is 3.73. The Kier molecular flexibility index (Phi) is 4.30. The Bertz CT molecular complexity index is 891. The Morgan fingerprint density at radius 2 is 2.04 bits per heavy atom. The molecule has 1 aromatic carbocycles. The van der Waals surface area contributed by atoms with Crippen LogP contribution in [0.25, 0.3) is 16.3 Å². The molecule has 1 atom stereocenters. The van der Waals surface area contributed by atoms with Crippen LogP contribution < -0.4 is 4.74 Å². The Morgan fingerprint density at radius 1 is 1.29 bits per heavy atom. The highest BCUT2D eigenvalue weighted by atomic mass is 32.1. The fourth-order valence-electron chi connectivity index (χ4n) is 2.08. The van der Waals surface area contributed by atoms with Gasteiger partial charge in [-0.2, -0.15) is 4.39 Å². The van der Waals surface area contributed by atoms with Gasteiger partial charge in [0.15, 0.2) is 11.2 Å². The second-order valence-electron chi connectivity index (χ2n) is 4.93. The molecular weight excluding hydrogens is 338 g/mol. The molecule has 1 N–H and O–H groups in total. The zero-order valence-corrected chi connectivity index (χ0v) is 13.3. The molecule has 0 amide bonds. The minimum atomic E-state index is -1.15. The number of aliphatic carboxylic acids is 1. The van der Waals surface area contributed by atoms with E-state index < -0.39 is 23.0 Å². The van der Waals surface area contributed by atoms with Gasteiger partial charge in [-0.15, -0.1) is 16.4 Å². The average molecular weight is 350 g/mol. The zero-order valence-electron chi connectivity index (χ0n) is 12.4. The van der Waals surface area contributed by atoms with E-state index in [0.29, 0.717) is 10.6 Å². The van der Waals surface area contributed by atoms with Gasteiger partial charge in [0.05, 0.1) is 10.6 Å². The van der Waals surface area contributed by atoms with Gasteiger partial charge in [0, 0.05) is 6.07 Å². The number of rotatable bonds is 5. The molecule has 0 aliphatic rings. The number of carboxylic acids is 1. The third kappa shape index (κ3) is 3.13. The summed E-state index contributed by atoms with van der Waals surface area (Å²) >= 11 is 0.872. The van der Waals surface area contributed by atoms with Crippen LogP contribution in [0.5, 0.6) is 5.88 Å². The van der Waals surface area contributed by atoms with E-state index in [2.05, 4.69) is 5.10 Å². The maximum Gasteiger partial charge on any atom is 0.344 e. The molecule has 0 fully saturated rings. The lowest BCUT2D eigenvalue weighted by Gasteiger charge is -2.07. The van der Waals surface area contributed by atoms with E-state index in [1.54, 1.807) is 12.1 Å². The summed E-state index contributed by atoms with van der Waals surface area (Å²) in [6.07, 6.45) is -1.12. The van der Waals surface area contributed by atoms with E-state index in [1.807, 2.05) is 0 Å². The first-order chi connectivity index (χ1) is 11.5. The van der Waals surface area contributed by atoms with E-state index in [4.69, 9.17) is 9.84 Å². The van der Waals surface area contributed by atoms with E-state index in [0.717, 1.165) is 11.3 Å². The molecule has 0 radical (unpaired) electrons. The van der Waals surface area contributed by atoms with Gasteiger partial charge in [-0.1, -0.05) is 12.1 Å². The molecular formula is C16H12F2N2O3S. The quantitative estimate of drug-likeness (QED) is 0.761. The summed E-state index contributed by atoms with van der Waals surface area (Å²) in [5.41, 5.74) is 0.556. The smallest absolute Gasteiger partial charge is 0.344 e. The summed E-state index contributed by atoms with van der Waals surface area (Å²) in [5, 5.41) is 12.7. The molecule has 0 saturated carbocycles. The Morgan fingerprint density at radius 3 is 2.67 bits per heavy atom. The SMILES string of the molecule is CC(Oc1cc(-c2ccc(F)s2)n(-c2ccccc2F)n1)C(=O)O. The van der Waals surface area contributed by atoms with Crippen LogP contribution >= 0.6 is 11.3 Å². The number of aromatic nitrogens is 2.